The van der Waals surface area contributed by atoms with Gasteiger partial charge in [0, 0.05) is 19.0 Å². The summed E-state index contributed by atoms with van der Waals surface area (Å²) in [6.07, 6.45) is 1.72. The Kier molecular flexibility index (Phi) is 3.40. The molecule has 2 aromatic rings. The third-order valence-corrected chi connectivity index (χ3v) is 2.62. The van der Waals surface area contributed by atoms with Gasteiger partial charge in [-0.05, 0) is 26.0 Å². The van der Waals surface area contributed by atoms with Crippen molar-refractivity contribution in [1.29, 1.82) is 0 Å². The molecular formula is C12H16N4O2. The normalized spacial score (nSPS) is 14.4. The molecule has 0 aliphatic rings. The van der Waals surface area contributed by atoms with Gasteiger partial charge in [-0.2, -0.15) is 4.98 Å². The number of pyridine rings is 1. The van der Waals surface area contributed by atoms with E-state index >= 15 is 0 Å². The van der Waals surface area contributed by atoms with Crippen LogP contribution < -0.4 is 5.73 Å². The second kappa shape index (κ2) is 4.83. The smallest absolute Gasteiger partial charge is 0.259 e. The lowest BCUT2D eigenvalue weighted by Crippen LogP contribution is -2.38. The zero-order valence-electron chi connectivity index (χ0n) is 10.7. The molecule has 2 N–H and O–H groups in total. The minimum Gasteiger partial charge on any atom is -0.382 e. The minimum absolute atomic E-state index is 0.317. The highest BCUT2D eigenvalue weighted by molar-refractivity contribution is 5.55. The van der Waals surface area contributed by atoms with E-state index in [0.29, 0.717) is 18.3 Å². The number of hydrogen-bond donors (Lipinski definition) is 1. The summed E-state index contributed by atoms with van der Waals surface area (Å²) >= 11 is 0. The minimum atomic E-state index is -0.771. The Morgan fingerprint density at radius 1 is 1.50 bits per heavy atom. The topological polar surface area (TPSA) is 87.1 Å². The van der Waals surface area contributed by atoms with Crippen LogP contribution in [-0.4, -0.2) is 28.8 Å². The van der Waals surface area contributed by atoms with Crippen molar-refractivity contribution < 1.29 is 9.26 Å². The molecule has 0 radical (unpaired) electrons. The summed E-state index contributed by atoms with van der Waals surface area (Å²) in [5.41, 5.74) is 6.92. The van der Waals surface area contributed by atoms with Gasteiger partial charge in [-0.3, -0.25) is 4.98 Å². The molecule has 0 saturated heterocycles. The van der Waals surface area contributed by atoms with Crippen LogP contribution in [0.25, 0.3) is 11.5 Å². The van der Waals surface area contributed by atoms with Crippen molar-refractivity contribution in [2.24, 2.45) is 5.73 Å². The first-order valence-corrected chi connectivity index (χ1v) is 5.58. The summed E-state index contributed by atoms with van der Waals surface area (Å²) in [6.45, 7) is 4.00. The van der Waals surface area contributed by atoms with Crippen molar-refractivity contribution in [3.63, 3.8) is 0 Å². The Hall–Kier alpha value is -1.79. The molecule has 0 aliphatic carbocycles. The zero-order valence-corrected chi connectivity index (χ0v) is 10.7. The number of ether oxygens (including phenoxy) is 1. The van der Waals surface area contributed by atoms with Gasteiger partial charge in [-0.25, -0.2) is 0 Å². The van der Waals surface area contributed by atoms with Crippen molar-refractivity contribution in [3.05, 3.63) is 29.8 Å². The number of rotatable bonds is 4. The lowest BCUT2D eigenvalue weighted by molar-refractivity contribution is 0.135. The van der Waals surface area contributed by atoms with Crippen molar-refractivity contribution in [2.45, 2.75) is 19.4 Å². The first-order chi connectivity index (χ1) is 8.54. The molecule has 2 aromatic heterocycles. The van der Waals surface area contributed by atoms with Crippen molar-refractivity contribution >= 4 is 0 Å². The van der Waals surface area contributed by atoms with Gasteiger partial charge in [0.05, 0.1) is 12.2 Å². The Balaban J connectivity index is 2.34. The molecule has 18 heavy (non-hydrogen) atoms. The molecule has 0 spiro atoms. The third kappa shape index (κ3) is 2.39. The highest BCUT2D eigenvalue weighted by Gasteiger charge is 2.28. The van der Waals surface area contributed by atoms with Crippen molar-refractivity contribution in [1.82, 2.24) is 15.1 Å². The van der Waals surface area contributed by atoms with E-state index in [1.807, 2.05) is 19.1 Å². The number of nitrogens with zero attached hydrogens (tertiary/aromatic N) is 3. The molecule has 0 bridgehead atoms. The fourth-order valence-corrected chi connectivity index (χ4v) is 1.64. The number of nitrogens with two attached hydrogens (primary N) is 1. The number of aromatic nitrogens is 3. The second-order valence-electron chi connectivity index (χ2n) is 4.41. The van der Waals surface area contributed by atoms with E-state index in [4.69, 9.17) is 15.0 Å². The van der Waals surface area contributed by atoms with Crippen LogP contribution in [0.3, 0.4) is 0 Å². The predicted molar refractivity (Wildman–Crippen MR) is 65.7 cm³/mol. The van der Waals surface area contributed by atoms with E-state index in [-0.39, 0.29) is 0 Å². The summed E-state index contributed by atoms with van der Waals surface area (Å²) in [5, 5.41) is 3.91. The van der Waals surface area contributed by atoms with E-state index in [1.54, 1.807) is 20.2 Å². The largest absolute Gasteiger partial charge is 0.382 e. The SMILES string of the molecule is COCC(C)(N)c1noc(-c2cccnc2C)n1. The Bertz CT molecular complexity index is 536. The highest BCUT2D eigenvalue weighted by Crippen LogP contribution is 2.22. The van der Waals surface area contributed by atoms with Crippen LogP contribution in [0.4, 0.5) is 0 Å². The molecule has 6 nitrogen and oxygen atoms in total. The molecule has 0 amide bonds. The van der Waals surface area contributed by atoms with Crippen LogP contribution in [-0.2, 0) is 10.3 Å². The Morgan fingerprint density at radius 2 is 2.28 bits per heavy atom. The summed E-state index contributed by atoms with van der Waals surface area (Å²) in [7, 11) is 1.58. The van der Waals surface area contributed by atoms with Gasteiger partial charge >= 0.3 is 0 Å². The molecule has 2 rings (SSSR count). The fourth-order valence-electron chi connectivity index (χ4n) is 1.64. The maximum atomic E-state index is 6.05. The second-order valence-corrected chi connectivity index (χ2v) is 4.41. The number of hydrogen-bond acceptors (Lipinski definition) is 6. The summed E-state index contributed by atoms with van der Waals surface area (Å²) < 4.78 is 10.3. The molecule has 1 unspecified atom stereocenters. The highest BCUT2D eigenvalue weighted by atomic mass is 16.5. The lowest BCUT2D eigenvalue weighted by atomic mass is 10.1. The average molecular weight is 248 g/mol. The lowest BCUT2D eigenvalue weighted by Gasteiger charge is -2.18. The quantitative estimate of drug-likeness (QED) is 0.876. The first-order valence-electron chi connectivity index (χ1n) is 5.58. The van der Waals surface area contributed by atoms with Crippen LogP contribution in [0, 0.1) is 6.92 Å². The van der Waals surface area contributed by atoms with E-state index in [0.717, 1.165) is 11.3 Å². The first kappa shape index (κ1) is 12.7. The van der Waals surface area contributed by atoms with Crippen LogP contribution in [0.15, 0.2) is 22.9 Å². The molecule has 0 aliphatic heterocycles. The Labute approximate surface area is 105 Å². The predicted octanol–water partition coefficient (Wildman–Crippen LogP) is 1.26. The van der Waals surface area contributed by atoms with Gasteiger partial charge in [0.15, 0.2) is 5.82 Å². The maximum absolute atomic E-state index is 6.05. The number of methoxy groups -OCH3 is 1. The maximum Gasteiger partial charge on any atom is 0.259 e. The number of aryl methyl sites for hydroxylation is 1. The van der Waals surface area contributed by atoms with E-state index in [2.05, 4.69) is 15.1 Å². The molecule has 2 heterocycles. The molecule has 0 fully saturated rings. The van der Waals surface area contributed by atoms with Crippen LogP contribution in [0.2, 0.25) is 0 Å². The van der Waals surface area contributed by atoms with Crippen molar-refractivity contribution in [3.8, 4) is 11.5 Å². The molecule has 0 saturated carbocycles. The summed E-state index contributed by atoms with van der Waals surface area (Å²) in [4.78, 5) is 8.49. The molecule has 0 aromatic carbocycles. The summed E-state index contributed by atoms with van der Waals surface area (Å²) in [5.74, 6) is 0.839. The van der Waals surface area contributed by atoms with Crippen LogP contribution in [0.1, 0.15) is 18.4 Å². The van der Waals surface area contributed by atoms with Gasteiger partial charge in [0.2, 0.25) is 0 Å². The standard InChI is InChI=1S/C12H16N4O2/c1-8-9(5-4-6-14-8)10-15-11(16-18-10)12(2,13)7-17-3/h4-6H,7,13H2,1-3H3. The molecule has 1 atom stereocenters. The fraction of sp³-hybridized carbons (Fsp3) is 0.417. The monoisotopic (exact) mass is 248 g/mol. The van der Waals surface area contributed by atoms with Gasteiger partial charge in [0.25, 0.3) is 5.89 Å². The van der Waals surface area contributed by atoms with Crippen LogP contribution >= 0.6 is 0 Å². The Morgan fingerprint density at radius 3 is 2.94 bits per heavy atom. The molecule has 6 heteroatoms. The van der Waals surface area contributed by atoms with Gasteiger partial charge in [-0.1, -0.05) is 5.16 Å². The molecule has 96 valence electrons. The molecular weight excluding hydrogens is 232 g/mol. The van der Waals surface area contributed by atoms with Crippen LogP contribution in [0.5, 0.6) is 0 Å². The average Bonchev–Trinajstić information content (AvgIpc) is 2.79. The van der Waals surface area contributed by atoms with E-state index in [9.17, 15) is 0 Å². The summed E-state index contributed by atoms with van der Waals surface area (Å²) in [6, 6.07) is 3.70. The zero-order chi connectivity index (χ0) is 13.2. The van der Waals surface area contributed by atoms with E-state index in [1.165, 1.54) is 0 Å². The van der Waals surface area contributed by atoms with Gasteiger partial charge < -0.3 is 15.0 Å². The van der Waals surface area contributed by atoms with Crippen molar-refractivity contribution in [2.75, 3.05) is 13.7 Å². The van der Waals surface area contributed by atoms with Gasteiger partial charge in [-0.15, -0.1) is 0 Å². The van der Waals surface area contributed by atoms with Gasteiger partial charge in [0.1, 0.15) is 5.54 Å². The third-order valence-electron chi connectivity index (χ3n) is 2.62. The van der Waals surface area contributed by atoms with E-state index < -0.39 is 5.54 Å².